The van der Waals surface area contributed by atoms with Crippen LogP contribution in [0.25, 0.3) is 0 Å². The SMILES string of the molecule is O=C(O)c1cc(N=C2C=CC3=C(C2)Sc2ccccc2N3)cc(C(=O)O)c1. The molecule has 1 heterocycles. The van der Waals surface area contributed by atoms with Crippen LogP contribution in [0.1, 0.15) is 27.1 Å². The number of anilines is 1. The molecule has 4 rings (SSSR count). The second-order valence-corrected chi connectivity index (χ2v) is 7.19. The van der Waals surface area contributed by atoms with Crippen LogP contribution in [0.5, 0.6) is 0 Å². The molecule has 0 atom stereocenters. The van der Waals surface area contributed by atoms with E-state index in [1.807, 2.05) is 36.4 Å². The fraction of sp³-hybridized carbons (Fsp3) is 0.0500. The van der Waals surface area contributed by atoms with Crippen molar-refractivity contribution in [2.24, 2.45) is 4.99 Å². The molecule has 0 bridgehead atoms. The number of carboxylic acids is 2. The smallest absolute Gasteiger partial charge is 0.335 e. The Morgan fingerprint density at radius 3 is 2.41 bits per heavy atom. The lowest BCUT2D eigenvalue weighted by atomic mass is 10.1. The molecule has 1 aliphatic heterocycles. The molecule has 0 radical (unpaired) electrons. The number of carbonyl (C=O) groups is 2. The third-order valence-electron chi connectivity index (χ3n) is 4.16. The van der Waals surface area contributed by atoms with Crippen LogP contribution < -0.4 is 5.32 Å². The van der Waals surface area contributed by atoms with Gasteiger partial charge in [0.05, 0.1) is 22.5 Å². The minimum Gasteiger partial charge on any atom is -0.478 e. The minimum atomic E-state index is -1.19. The van der Waals surface area contributed by atoms with Gasteiger partial charge in [-0.05, 0) is 42.5 Å². The maximum Gasteiger partial charge on any atom is 0.335 e. The Morgan fingerprint density at radius 1 is 1.00 bits per heavy atom. The summed E-state index contributed by atoms with van der Waals surface area (Å²) >= 11 is 1.67. The monoisotopic (exact) mass is 378 g/mol. The molecular weight excluding hydrogens is 364 g/mol. The average molecular weight is 378 g/mol. The van der Waals surface area contributed by atoms with Crippen molar-refractivity contribution in [3.63, 3.8) is 0 Å². The highest BCUT2D eigenvalue weighted by atomic mass is 32.2. The zero-order valence-corrected chi connectivity index (χ0v) is 14.8. The van der Waals surface area contributed by atoms with Gasteiger partial charge in [0.2, 0.25) is 0 Å². The summed E-state index contributed by atoms with van der Waals surface area (Å²) in [4.78, 5) is 29.2. The number of hydrogen-bond donors (Lipinski definition) is 3. The Kier molecular flexibility index (Phi) is 4.29. The van der Waals surface area contributed by atoms with E-state index in [4.69, 9.17) is 0 Å². The van der Waals surface area contributed by atoms with Crippen LogP contribution in [-0.4, -0.2) is 27.9 Å². The van der Waals surface area contributed by atoms with Gasteiger partial charge in [-0.2, -0.15) is 0 Å². The Morgan fingerprint density at radius 2 is 1.70 bits per heavy atom. The molecule has 2 aliphatic rings. The highest BCUT2D eigenvalue weighted by Gasteiger charge is 2.21. The van der Waals surface area contributed by atoms with E-state index in [1.54, 1.807) is 11.8 Å². The van der Waals surface area contributed by atoms with Crippen LogP contribution in [0.4, 0.5) is 11.4 Å². The van der Waals surface area contributed by atoms with Crippen LogP contribution in [-0.2, 0) is 0 Å². The Bertz CT molecular complexity index is 1040. The van der Waals surface area contributed by atoms with E-state index >= 15 is 0 Å². The predicted octanol–water partition coefficient (Wildman–Crippen LogP) is 4.54. The Labute approximate surface area is 158 Å². The van der Waals surface area contributed by atoms with Crippen LogP contribution in [0, 0.1) is 0 Å². The molecule has 2 aromatic carbocycles. The van der Waals surface area contributed by atoms with Crippen LogP contribution >= 0.6 is 11.8 Å². The summed E-state index contributed by atoms with van der Waals surface area (Å²) in [6.07, 6.45) is 4.37. The van der Waals surface area contributed by atoms with E-state index in [9.17, 15) is 19.8 Å². The van der Waals surface area contributed by atoms with Crippen molar-refractivity contribution in [3.8, 4) is 0 Å². The second-order valence-electron chi connectivity index (χ2n) is 6.05. The minimum absolute atomic E-state index is 0.100. The quantitative estimate of drug-likeness (QED) is 0.725. The van der Waals surface area contributed by atoms with E-state index in [2.05, 4.69) is 10.3 Å². The average Bonchev–Trinajstić information content (AvgIpc) is 2.66. The van der Waals surface area contributed by atoms with Gasteiger partial charge in [-0.25, -0.2) is 9.59 Å². The molecule has 3 N–H and O–H groups in total. The Balaban J connectivity index is 1.64. The summed E-state index contributed by atoms with van der Waals surface area (Å²) in [7, 11) is 0. The Hall–Kier alpha value is -3.32. The van der Waals surface area contributed by atoms with E-state index in [1.165, 1.54) is 12.1 Å². The van der Waals surface area contributed by atoms with Gasteiger partial charge in [0.1, 0.15) is 0 Å². The summed E-state index contributed by atoms with van der Waals surface area (Å²) in [5, 5.41) is 21.8. The fourth-order valence-electron chi connectivity index (χ4n) is 2.90. The van der Waals surface area contributed by atoms with Gasteiger partial charge in [-0.15, -0.1) is 0 Å². The number of allylic oxidation sites excluding steroid dienone is 3. The zero-order chi connectivity index (χ0) is 19.0. The van der Waals surface area contributed by atoms with Gasteiger partial charge in [-0.3, -0.25) is 4.99 Å². The number of aromatic carboxylic acids is 2. The standard InChI is InChI=1S/C20H14N2O4S/c23-19(24)11-7-12(20(25)26)9-14(8-11)21-13-5-6-16-18(10-13)27-17-4-2-1-3-15(17)22-16/h1-9,22H,10H2,(H,23,24)(H,25,26). The maximum atomic E-state index is 11.3. The number of nitrogens with zero attached hydrogens (tertiary/aromatic N) is 1. The first-order chi connectivity index (χ1) is 13.0. The van der Waals surface area contributed by atoms with Crippen LogP contribution in [0.2, 0.25) is 0 Å². The van der Waals surface area contributed by atoms with Gasteiger partial charge in [0.25, 0.3) is 0 Å². The molecule has 0 saturated heterocycles. The number of carboxylic acid groups (broad SMARTS) is 2. The highest BCUT2D eigenvalue weighted by molar-refractivity contribution is 8.03. The molecule has 134 valence electrons. The lowest BCUT2D eigenvalue weighted by Gasteiger charge is -2.25. The van der Waals surface area contributed by atoms with E-state index in [0.29, 0.717) is 12.1 Å². The van der Waals surface area contributed by atoms with Crippen molar-refractivity contribution in [2.45, 2.75) is 11.3 Å². The zero-order valence-electron chi connectivity index (χ0n) is 14.0. The van der Waals surface area contributed by atoms with Crippen LogP contribution in [0.15, 0.2) is 75.1 Å². The number of thioether (sulfide) groups is 1. The molecule has 1 aliphatic carbocycles. The summed E-state index contributed by atoms with van der Waals surface area (Å²) in [6.45, 7) is 0. The van der Waals surface area contributed by atoms with Crippen LogP contribution in [0.3, 0.4) is 0 Å². The number of benzene rings is 2. The molecular formula is C20H14N2O4S. The molecule has 2 aromatic rings. The van der Waals surface area contributed by atoms with Gasteiger partial charge in [0, 0.05) is 27.6 Å². The summed E-state index contributed by atoms with van der Waals surface area (Å²) in [5.41, 5.74) is 2.93. The molecule has 0 fully saturated rings. The molecule has 0 unspecified atom stereocenters. The van der Waals surface area contributed by atoms with Crippen molar-refractivity contribution in [3.05, 3.63) is 76.3 Å². The third-order valence-corrected chi connectivity index (χ3v) is 5.34. The summed E-state index contributed by atoms with van der Waals surface area (Å²) in [5.74, 6) is -2.38. The predicted molar refractivity (Wildman–Crippen MR) is 104 cm³/mol. The molecule has 0 aromatic heterocycles. The number of rotatable bonds is 3. The normalized spacial score (nSPS) is 16.5. The van der Waals surface area contributed by atoms with Gasteiger partial charge >= 0.3 is 11.9 Å². The lowest BCUT2D eigenvalue weighted by Crippen LogP contribution is -2.12. The summed E-state index contributed by atoms with van der Waals surface area (Å²) in [6, 6.07) is 11.9. The van der Waals surface area contributed by atoms with Crippen molar-refractivity contribution in [1.29, 1.82) is 0 Å². The molecule has 6 nitrogen and oxygen atoms in total. The topological polar surface area (TPSA) is 99.0 Å². The number of nitrogens with one attached hydrogen (secondary N) is 1. The second kappa shape index (κ2) is 6.77. The van der Waals surface area contributed by atoms with Crippen molar-refractivity contribution >= 4 is 40.8 Å². The number of para-hydroxylation sites is 1. The van der Waals surface area contributed by atoms with Crippen molar-refractivity contribution in [1.82, 2.24) is 0 Å². The fourth-order valence-corrected chi connectivity index (χ4v) is 3.99. The first-order valence-electron chi connectivity index (χ1n) is 8.14. The largest absolute Gasteiger partial charge is 0.478 e. The first kappa shape index (κ1) is 17.1. The third kappa shape index (κ3) is 3.50. The summed E-state index contributed by atoms with van der Waals surface area (Å²) < 4.78 is 0. The number of hydrogen-bond acceptors (Lipinski definition) is 5. The van der Waals surface area contributed by atoms with E-state index in [-0.39, 0.29) is 11.1 Å². The molecule has 7 heteroatoms. The van der Waals surface area contributed by atoms with E-state index < -0.39 is 11.9 Å². The molecule has 0 spiro atoms. The van der Waals surface area contributed by atoms with E-state index in [0.717, 1.165) is 33.0 Å². The van der Waals surface area contributed by atoms with Gasteiger partial charge in [0.15, 0.2) is 0 Å². The lowest BCUT2D eigenvalue weighted by molar-refractivity contribution is 0.0696. The van der Waals surface area contributed by atoms with Gasteiger partial charge in [-0.1, -0.05) is 23.9 Å². The molecule has 0 amide bonds. The molecule has 27 heavy (non-hydrogen) atoms. The van der Waals surface area contributed by atoms with Gasteiger partial charge < -0.3 is 15.5 Å². The number of aliphatic imine (C=N–C) groups is 1. The maximum absolute atomic E-state index is 11.3. The van der Waals surface area contributed by atoms with Crippen molar-refractivity contribution in [2.75, 3.05) is 5.32 Å². The van der Waals surface area contributed by atoms with Crippen molar-refractivity contribution < 1.29 is 19.8 Å². The highest BCUT2D eigenvalue weighted by Crippen LogP contribution is 2.42. The molecule has 0 saturated carbocycles. The number of fused-ring (bicyclic) bond motifs is 1. The first-order valence-corrected chi connectivity index (χ1v) is 8.95.